The monoisotopic (exact) mass is 303 g/mol. The molecule has 0 saturated carbocycles. The smallest absolute Gasteiger partial charge is 0.129 e. The summed E-state index contributed by atoms with van der Waals surface area (Å²) < 4.78 is 0. The van der Waals surface area contributed by atoms with Gasteiger partial charge in [0.15, 0.2) is 0 Å². The Hall–Kier alpha value is -1.42. The van der Waals surface area contributed by atoms with Gasteiger partial charge in [0, 0.05) is 6.20 Å². The van der Waals surface area contributed by atoms with Crippen molar-refractivity contribution < 1.29 is 0 Å². The Balaban J connectivity index is 2.15. The third-order valence-electron chi connectivity index (χ3n) is 3.61. The molecule has 1 aromatic heterocycles. The van der Waals surface area contributed by atoms with Gasteiger partial charge in [0.1, 0.15) is 5.15 Å². The highest BCUT2D eigenvalue weighted by Crippen LogP contribution is 2.24. The lowest BCUT2D eigenvalue weighted by Crippen LogP contribution is -2.29. The van der Waals surface area contributed by atoms with E-state index in [1.165, 1.54) is 11.1 Å². The van der Waals surface area contributed by atoms with Crippen molar-refractivity contribution in [2.75, 3.05) is 0 Å². The molecule has 0 spiro atoms. The van der Waals surface area contributed by atoms with Crippen LogP contribution in [0.15, 0.2) is 42.6 Å². The summed E-state index contributed by atoms with van der Waals surface area (Å²) in [5.74, 6) is 5.69. The predicted octanol–water partition coefficient (Wildman–Crippen LogP) is 3.78. The number of nitrogens with one attached hydrogen (secondary N) is 1. The number of nitrogens with zero attached hydrogens (tertiary/aromatic N) is 1. The summed E-state index contributed by atoms with van der Waals surface area (Å²) in [5, 5.41) is 0.482. The Bertz CT molecular complexity index is 588. The minimum atomic E-state index is 0.0194. The molecule has 1 aromatic carbocycles. The maximum Gasteiger partial charge on any atom is 0.129 e. The number of hydrazine groups is 1. The number of nitrogens with two attached hydrogens (primary N) is 1. The molecule has 3 nitrogen and oxygen atoms in total. The van der Waals surface area contributed by atoms with Crippen LogP contribution in [0.5, 0.6) is 0 Å². The molecule has 2 aromatic rings. The van der Waals surface area contributed by atoms with Gasteiger partial charge in [0.2, 0.25) is 0 Å². The third kappa shape index (κ3) is 4.27. The van der Waals surface area contributed by atoms with Crippen LogP contribution in [0, 0.1) is 0 Å². The molecule has 0 aliphatic carbocycles. The second-order valence-corrected chi connectivity index (χ2v) is 6.67. The van der Waals surface area contributed by atoms with E-state index in [-0.39, 0.29) is 11.5 Å². The largest absolute Gasteiger partial charge is 0.271 e. The van der Waals surface area contributed by atoms with Crippen LogP contribution in [0.25, 0.3) is 0 Å². The Morgan fingerprint density at radius 2 is 1.86 bits per heavy atom. The number of aromatic nitrogens is 1. The number of hydrogen-bond donors (Lipinski definition) is 2. The van der Waals surface area contributed by atoms with E-state index in [0.29, 0.717) is 5.15 Å². The third-order valence-corrected chi connectivity index (χ3v) is 3.82. The minimum absolute atomic E-state index is 0.0194. The molecule has 2 rings (SSSR count). The van der Waals surface area contributed by atoms with Crippen LogP contribution in [-0.4, -0.2) is 4.98 Å². The number of rotatable bonds is 4. The number of hydrogen-bond acceptors (Lipinski definition) is 3. The van der Waals surface area contributed by atoms with Crippen molar-refractivity contribution in [1.82, 2.24) is 10.4 Å². The second kappa shape index (κ2) is 6.56. The van der Waals surface area contributed by atoms with Crippen molar-refractivity contribution >= 4 is 11.6 Å². The number of pyridine rings is 1. The molecule has 1 atom stereocenters. The van der Waals surface area contributed by atoms with Crippen molar-refractivity contribution in [2.45, 2.75) is 38.6 Å². The van der Waals surface area contributed by atoms with E-state index in [1.807, 2.05) is 12.1 Å². The normalized spacial score (nSPS) is 13.2. The summed E-state index contributed by atoms with van der Waals surface area (Å²) >= 11 is 5.94. The zero-order valence-electron chi connectivity index (χ0n) is 12.7. The zero-order chi connectivity index (χ0) is 15.5. The Kier molecular flexibility index (Phi) is 4.99. The van der Waals surface area contributed by atoms with Gasteiger partial charge in [-0.15, -0.1) is 0 Å². The average molecular weight is 304 g/mol. The number of halogens is 1. The van der Waals surface area contributed by atoms with E-state index in [1.54, 1.807) is 6.20 Å². The molecule has 0 saturated heterocycles. The summed E-state index contributed by atoms with van der Waals surface area (Å²) in [7, 11) is 0. The van der Waals surface area contributed by atoms with Gasteiger partial charge < -0.3 is 0 Å². The second-order valence-electron chi connectivity index (χ2n) is 6.28. The predicted molar refractivity (Wildman–Crippen MR) is 88.2 cm³/mol. The Labute approximate surface area is 131 Å². The van der Waals surface area contributed by atoms with Gasteiger partial charge in [-0.1, -0.05) is 56.6 Å². The van der Waals surface area contributed by atoms with Gasteiger partial charge in [-0.05, 0) is 40.7 Å². The van der Waals surface area contributed by atoms with Crippen molar-refractivity contribution in [1.29, 1.82) is 0 Å². The summed E-state index contributed by atoms with van der Waals surface area (Å²) in [6.07, 6.45) is 2.51. The highest BCUT2D eigenvalue weighted by molar-refractivity contribution is 6.29. The average Bonchev–Trinajstić information content (AvgIpc) is 2.44. The van der Waals surface area contributed by atoms with E-state index in [9.17, 15) is 0 Å². The van der Waals surface area contributed by atoms with Crippen LogP contribution in [-0.2, 0) is 11.8 Å². The Morgan fingerprint density at radius 3 is 2.38 bits per heavy atom. The molecule has 112 valence electrons. The molecular formula is C17H22ClN3. The van der Waals surface area contributed by atoms with Crippen LogP contribution in [0.1, 0.15) is 43.5 Å². The number of benzene rings is 1. The van der Waals surface area contributed by atoms with E-state index >= 15 is 0 Å². The van der Waals surface area contributed by atoms with Gasteiger partial charge in [-0.2, -0.15) is 0 Å². The first-order valence-electron chi connectivity index (χ1n) is 7.07. The lowest BCUT2D eigenvalue weighted by molar-refractivity contribution is 0.550. The van der Waals surface area contributed by atoms with Gasteiger partial charge in [0.25, 0.3) is 0 Å². The van der Waals surface area contributed by atoms with Crippen LogP contribution < -0.4 is 11.3 Å². The molecule has 0 aliphatic rings. The molecule has 3 N–H and O–H groups in total. The summed E-state index contributed by atoms with van der Waals surface area (Å²) in [6.45, 7) is 6.64. The van der Waals surface area contributed by atoms with E-state index in [2.05, 4.69) is 55.4 Å². The molecule has 21 heavy (non-hydrogen) atoms. The molecule has 1 heterocycles. The lowest BCUT2D eigenvalue weighted by atomic mass is 9.86. The van der Waals surface area contributed by atoms with Gasteiger partial charge in [-0.3, -0.25) is 11.3 Å². The van der Waals surface area contributed by atoms with E-state index < -0.39 is 0 Å². The van der Waals surface area contributed by atoms with Gasteiger partial charge >= 0.3 is 0 Å². The van der Waals surface area contributed by atoms with Crippen molar-refractivity contribution in [2.24, 2.45) is 5.84 Å². The molecule has 0 aliphatic heterocycles. The molecule has 4 heteroatoms. The van der Waals surface area contributed by atoms with E-state index in [4.69, 9.17) is 17.4 Å². The lowest BCUT2D eigenvalue weighted by Gasteiger charge is -2.20. The molecule has 0 bridgehead atoms. The summed E-state index contributed by atoms with van der Waals surface area (Å²) in [5.41, 5.74) is 6.63. The van der Waals surface area contributed by atoms with Crippen molar-refractivity contribution in [3.05, 3.63) is 64.4 Å². The standard InChI is InChI=1S/C17H22ClN3/c1-17(2,3)14-6-4-12(5-7-14)10-15(21-19)13-8-9-20-16(18)11-13/h4-9,11,15,21H,10,19H2,1-3H3. The van der Waals surface area contributed by atoms with Crippen LogP contribution in [0.4, 0.5) is 0 Å². The highest BCUT2D eigenvalue weighted by Gasteiger charge is 2.15. The quantitative estimate of drug-likeness (QED) is 0.513. The maximum absolute atomic E-state index is 5.94. The summed E-state index contributed by atoms with van der Waals surface area (Å²) in [6, 6.07) is 12.5. The first-order chi connectivity index (χ1) is 9.90. The fraction of sp³-hybridized carbons (Fsp3) is 0.353. The SMILES string of the molecule is CC(C)(C)c1ccc(CC(NN)c2ccnc(Cl)c2)cc1. The van der Waals surface area contributed by atoms with Crippen LogP contribution in [0.3, 0.4) is 0 Å². The van der Waals surface area contributed by atoms with Gasteiger partial charge in [-0.25, -0.2) is 4.98 Å². The summed E-state index contributed by atoms with van der Waals surface area (Å²) in [4.78, 5) is 4.00. The zero-order valence-corrected chi connectivity index (χ0v) is 13.5. The van der Waals surface area contributed by atoms with E-state index in [0.717, 1.165) is 12.0 Å². The minimum Gasteiger partial charge on any atom is -0.271 e. The fourth-order valence-corrected chi connectivity index (χ4v) is 2.47. The topological polar surface area (TPSA) is 50.9 Å². The Morgan fingerprint density at radius 1 is 1.19 bits per heavy atom. The molecule has 0 amide bonds. The first kappa shape index (κ1) is 16.0. The maximum atomic E-state index is 5.94. The molecule has 1 unspecified atom stereocenters. The van der Waals surface area contributed by atoms with Crippen LogP contribution in [0.2, 0.25) is 5.15 Å². The van der Waals surface area contributed by atoms with Crippen LogP contribution >= 0.6 is 11.6 Å². The fourth-order valence-electron chi connectivity index (χ4n) is 2.28. The van der Waals surface area contributed by atoms with Gasteiger partial charge in [0.05, 0.1) is 6.04 Å². The van der Waals surface area contributed by atoms with Crippen molar-refractivity contribution in [3.8, 4) is 0 Å². The molecular weight excluding hydrogens is 282 g/mol. The molecule has 0 radical (unpaired) electrons. The molecule has 0 fully saturated rings. The first-order valence-corrected chi connectivity index (χ1v) is 7.45. The van der Waals surface area contributed by atoms with Crippen molar-refractivity contribution in [3.63, 3.8) is 0 Å². The highest BCUT2D eigenvalue weighted by atomic mass is 35.5.